The molecule has 1 saturated carbocycles. The van der Waals surface area contributed by atoms with E-state index in [1.165, 1.54) is 32.1 Å². The van der Waals surface area contributed by atoms with Gasteiger partial charge in [-0.15, -0.1) is 0 Å². The van der Waals surface area contributed by atoms with Crippen LogP contribution in [-0.2, 0) is 20.9 Å². The van der Waals surface area contributed by atoms with Gasteiger partial charge in [-0.25, -0.2) is 0 Å². The van der Waals surface area contributed by atoms with Crippen LogP contribution in [-0.4, -0.2) is 18.5 Å². The van der Waals surface area contributed by atoms with E-state index in [9.17, 15) is 9.59 Å². The molecule has 1 amide bonds. The maximum absolute atomic E-state index is 12.0. The molecular formula is C24H29NO4. The smallest absolute Gasteiger partial charge is 0.306 e. The number of carbonyl (C=O) groups excluding carboxylic acids is 2. The maximum atomic E-state index is 12.0. The minimum Gasteiger partial charge on any atom is -0.489 e. The largest absolute Gasteiger partial charge is 0.489 e. The Hall–Kier alpha value is -2.82. The molecule has 0 spiro atoms. The number of hydrogen-bond donors (Lipinski definition) is 1. The molecule has 3 rings (SSSR count). The van der Waals surface area contributed by atoms with Crippen LogP contribution in [0.25, 0.3) is 0 Å². The Labute approximate surface area is 172 Å². The predicted molar refractivity (Wildman–Crippen MR) is 113 cm³/mol. The van der Waals surface area contributed by atoms with Gasteiger partial charge in [0.15, 0.2) is 6.61 Å². The average molecular weight is 395 g/mol. The lowest BCUT2D eigenvalue weighted by molar-refractivity contribution is -0.147. The van der Waals surface area contributed by atoms with Crippen LogP contribution in [0.4, 0.5) is 5.69 Å². The third kappa shape index (κ3) is 7.60. The first kappa shape index (κ1) is 20.9. The molecule has 154 valence electrons. The molecule has 1 aliphatic carbocycles. The van der Waals surface area contributed by atoms with Crippen LogP contribution < -0.4 is 10.1 Å². The molecule has 0 heterocycles. The molecular weight excluding hydrogens is 366 g/mol. The highest BCUT2D eigenvalue weighted by Crippen LogP contribution is 2.27. The quantitative estimate of drug-likeness (QED) is 0.600. The number of ether oxygens (including phenoxy) is 2. The molecule has 1 fully saturated rings. The van der Waals surface area contributed by atoms with Crippen molar-refractivity contribution in [1.82, 2.24) is 0 Å². The number of esters is 1. The third-order valence-electron chi connectivity index (χ3n) is 5.23. The van der Waals surface area contributed by atoms with Gasteiger partial charge < -0.3 is 14.8 Å². The van der Waals surface area contributed by atoms with Gasteiger partial charge in [-0.05, 0) is 42.2 Å². The average Bonchev–Trinajstić information content (AvgIpc) is 2.77. The van der Waals surface area contributed by atoms with E-state index in [2.05, 4.69) is 5.32 Å². The number of anilines is 1. The van der Waals surface area contributed by atoms with E-state index < -0.39 is 0 Å². The summed E-state index contributed by atoms with van der Waals surface area (Å²) in [5.74, 6) is 0.720. The first-order valence-corrected chi connectivity index (χ1v) is 10.4. The third-order valence-corrected chi connectivity index (χ3v) is 5.23. The molecule has 29 heavy (non-hydrogen) atoms. The van der Waals surface area contributed by atoms with Crippen LogP contribution in [0.5, 0.6) is 5.75 Å². The van der Waals surface area contributed by atoms with E-state index in [4.69, 9.17) is 9.47 Å². The molecule has 1 aliphatic rings. The normalized spacial score (nSPS) is 14.2. The summed E-state index contributed by atoms with van der Waals surface area (Å²) < 4.78 is 10.8. The van der Waals surface area contributed by atoms with Crippen molar-refractivity contribution in [2.75, 3.05) is 11.9 Å². The van der Waals surface area contributed by atoms with Crippen molar-refractivity contribution in [3.05, 3.63) is 60.2 Å². The molecule has 0 radical (unpaired) electrons. The molecule has 2 aromatic carbocycles. The summed E-state index contributed by atoms with van der Waals surface area (Å²) in [4.78, 5) is 23.9. The highest BCUT2D eigenvalue weighted by Gasteiger charge is 2.16. The number of carbonyl (C=O) groups is 2. The van der Waals surface area contributed by atoms with Gasteiger partial charge in [-0.3, -0.25) is 9.59 Å². The van der Waals surface area contributed by atoms with Crippen molar-refractivity contribution in [3.8, 4) is 5.75 Å². The Kier molecular flexibility index (Phi) is 8.11. The van der Waals surface area contributed by atoms with Gasteiger partial charge >= 0.3 is 5.97 Å². The van der Waals surface area contributed by atoms with Crippen molar-refractivity contribution < 1.29 is 19.1 Å². The summed E-state index contributed by atoms with van der Waals surface area (Å²) in [5.41, 5.74) is 1.73. The molecule has 5 heteroatoms. The fraction of sp³-hybridized carbons (Fsp3) is 0.417. The van der Waals surface area contributed by atoms with Gasteiger partial charge in [0.05, 0.1) is 0 Å². The van der Waals surface area contributed by atoms with Crippen molar-refractivity contribution in [1.29, 1.82) is 0 Å². The monoisotopic (exact) mass is 395 g/mol. The first-order valence-electron chi connectivity index (χ1n) is 10.4. The Morgan fingerprint density at radius 2 is 1.66 bits per heavy atom. The standard InChI is InChI=1S/C24H29NO4/c26-23(18-29-24(27)16-11-19-7-3-1-4-8-19)25-21-12-14-22(15-13-21)28-17-20-9-5-2-6-10-20/h2,5-6,9-10,12-15,19H,1,3-4,7-8,11,16-18H2,(H,25,26). The lowest BCUT2D eigenvalue weighted by atomic mass is 9.86. The Bertz CT molecular complexity index is 767. The lowest BCUT2D eigenvalue weighted by Crippen LogP contribution is -2.21. The van der Waals surface area contributed by atoms with Crippen molar-refractivity contribution in [2.24, 2.45) is 5.92 Å². The molecule has 0 aliphatic heterocycles. The summed E-state index contributed by atoms with van der Waals surface area (Å²) in [7, 11) is 0. The Morgan fingerprint density at radius 1 is 0.931 bits per heavy atom. The van der Waals surface area contributed by atoms with Crippen molar-refractivity contribution in [2.45, 2.75) is 51.6 Å². The van der Waals surface area contributed by atoms with E-state index in [0.29, 0.717) is 24.6 Å². The number of amides is 1. The van der Waals surface area contributed by atoms with Crippen LogP contribution in [0.1, 0.15) is 50.5 Å². The number of benzene rings is 2. The molecule has 0 bridgehead atoms. The van der Waals surface area contributed by atoms with E-state index in [1.807, 2.05) is 30.3 Å². The number of hydrogen-bond acceptors (Lipinski definition) is 4. The van der Waals surface area contributed by atoms with Crippen molar-refractivity contribution >= 4 is 17.6 Å². The summed E-state index contributed by atoms with van der Waals surface area (Å²) in [6.07, 6.45) is 7.51. The molecule has 0 unspecified atom stereocenters. The minimum atomic E-state index is -0.339. The van der Waals surface area contributed by atoms with Crippen molar-refractivity contribution in [3.63, 3.8) is 0 Å². The van der Waals surface area contributed by atoms with Gasteiger partial charge in [0.25, 0.3) is 5.91 Å². The fourth-order valence-corrected chi connectivity index (χ4v) is 3.59. The zero-order chi connectivity index (χ0) is 20.3. The number of rotatable bonds is 9. The second-order valence-electron chi connectivity index (χ2n) is 7.55. The Morgan fingerprint density at radius 3 is 2.38 bits per heavy atom. The van der Waals surface area contributed by atoms with Gasteiger partial charge in [-0.1, -0.05) is 62.4 Å². The van der Waals surface area contributed by atoms with E-state index in [1.54, 1.807) is 24.3 Å². The fourth-order valence-electron chi connectivity index (χ4n) is 3.59. The second-order valence-corrected chi connectivity index (χ2v) is 7.55. The van der Waals surface area contributed by atoms with Crippen LogP contribution in [0.15, 0.2) is 54.6 Å². The zero-order valence-corrected chi connectivity index (χ0v) is 16.8. The van der Waals surface area contributed by atoms with Gasteiger partial charge in [0, 0.05) is 12.1 Å². The first-order chi connectivity index (χ1) is 14.2. The molecule has 0 atom stereocenters. The van der Waals surface area contributed by atoms with Gasteiger partial charge in [0.2, 0.25) is 0 Å². The van der Waals surface area contributed by atoms with E-state index in [-0.39, 0.29) is 18.5 Å². The Balaban J connectivity index is 1.33. The molecule has 2 aromatic rings. The molecule has 5 nitrogen and oxygen atoms in total. The van der Waals surface area contributed by atoms with E-state index in [0.717, 1.165) is 17.7 Å². The topological polar surface area (TPSA) is 64.6 Å². The second kappa shape index (κ2) is 11.2. The molecule has 1 N–H and O–H groups in total. The minimum absolute atomic E-state index is 0.254. The summed E-state index contributed by atoms with van der Waals surface area (Å²) >= 11 is 0. The highest BCUT2D eigenvalue weighted by molar-refractivity contribution is 5.92. The van der Waals surface area contributed by atoms with Gasteiger partial charge in [-0.2, -0.15) is 0 Å². The van der Waals surface area contributed by atoms with Gasteiger partial charge in [0.1, 0.15) is 12.4 Å². The van der Waals surface area contributed by atoms with E-state index >= 15 is 0 Å². The lowest BCUT2D eigenvalue weighted by Gasteiger charge is -2.20. The van der Waals surface area contributed by atoms with Crippen LogP contribution in [0.3, 0.4) is 0 Å². The SMILES string of the molecule is O=C(COC(=O)CCC1CCCCC1)Nc1ccc(OCc2ccccc2)cc1. The van der Waals surface area contributed by atoms with Crippen LogP contribution in [0, 0.1) is 5.92 Å². The number of nitrogens with one attached hydrogen (secondary N) is 1. The molecule has 0 aromatic heterocycles. The predicted octanol–water partition coefficient (Wildman–Crippen LogP) is 5.11. The zero-order valence-electron chi connectivity index (χ0n) is 16.8. The summed E-state index contributed by atoms with van der Waals surface area (Å²) in [6.45, 7) is 0.235. The highest BCUT2D eigenvalue weighted by atomic mass is 16.5. The maximum Gasteiger partial charge on any atom is 0.306 e. The van der Waals surface area contributed by atoms with Crippen LogP contribution in [0.2, 0.25) is 0 Å². The summed E-state index contributed by atoms with van der Waals surface area (Å²) in [5, 5.41) is 2.73. The van der Waals surface area contributed by atoms with Crippen LogP contribution >= 0.6 is 0 Å². The summed E-state index contributed by atoms with van der Waals surface area (Å²) in [6, 6.07) is 17.1. The molecule has 0 saturated heterocycles.